The minimum atomic E-state index is -3.24. The van der Waals surface area contributed by atoms with Crippen LogP contribution >= 0.6 is 0 Å². The fraction of sp³-hybridized carbons (Fsp3) is 0.571. The summed E-state index contributed by atoms with van der Waals surface area (Å²) in [6, 6.07) is 7.27. The lowest BCUT2D eigenvalue weighted by Crippen LogP contribution is -2.28. The Labute approximate surface area is 119 Å². The van der Waals surface area contributed by atoms with Gasteiger partial charge in [-0.25, -0.2) is 8.42 Å². The molecule has 6 heteroatoms. The van der Waals surface area contributed by atoms with Crippen LogP contribution in [0.5, 0.6) is 5.75 Å². The van der Waals surface area contributed by atoms with Gasteiger partial charge in [0.2, 0.25) is 0 Å². The van der Waals surface area contributed by atoms with E-state index in [1.165, 1.54) is 0 Å². The van der Waals surface area contributed by atoms with Crippen molar-refractivity contribution >= 4 is 9.84 Å². The van der Waals surface area contributed by atoms with Gasteiger partial charge in [-0.15, -0.1) is 0 Å². The van der Waals surface area contributed by atoms with Crippen molar-refractivity contribution in [3.63, 3.8) is 0 Å². The van der Waals surface area contributed by atoms with Crippen LogP contribution in [0.25, 0.3) is 0 Å². The van der Waals surface area contributed by atoms with Gasteiger partial charge in [-0.3, -0.25) is 0 Å². The van der Waals surface area contributed by atoms with Crippen molar-refractivity contribution in [2.24, 2.45) is 11.1 Å². The van der Waals surface area contributed by atoms with Crippen LogP contribution < -0.4 is 10.5 Å². The minimum Gasteiger partial charge on any atom is -0.497 e. The lowest BCUT2D eigenvalue weighted by molar-refractivity contribution is 0.212. The van der Waals surface area contributed by atoms with E-state index in [4.69, 9.17) is 10.5 Å². The van der Waals surface area contributed by atoms with Gasteiger partial charge in [0.25, 0.3) is 0 Å². The highest BCUT2D eigenvalue weighted by molar-refractivity contribution is 7.92. The van der Waals surface area contributed by atoms with Crippen molar-refractivity contribution in [2.75, 3.05) is 26.0 Å². The molecule has 0 heterocycles. The number of aliphatic hydroxyl groups excluding tert-OH is 1. The Bertz CT molecular complexity index is 563. The van der Waals surface area contributed by atoms with Gasteiger partial charge >= 0.3 is 0 Å². The van der Waals surface area contributed by atoms with Gasteiger partial charge in [0, 0.05) is 23.6 Å². The third kappa shape index (κ3) is 2.21. The molecule has 1 aliphatic carbocycles. The van der Waals surface area contributed by atoms with Crippen LogP contribution in [0, 0.1) is 5.41 Å². The zero-order chi connectivity index (χ0) is 15.0. The Morgan fingerprint density at radius 3 is 2.35 bits per heavy atom. The molecule has 1 aromatic rings. The Morgan fingerprint density at radius 1 is 1.35 bits per heavy atom. The second-order valence-corrected chi connectivity index (χ2v) is 7.63. The van der Waals surface area contributed by atoms with Crippen LogP contribution in [-0.2, 0) is 9.84 Å². The van der Waals surface area contributed by atoms with Gasteiger partial charge in [-0.1, -0.05) is 19.1 Å². The van der Waals surface area contributed by atoms with Crippen LogP contribution in [-0.4, -0.2) is 44.8 Å². The predicted octanol–water partition coefficient (Wildman–Crippen LogP) is 0.533. The first kappa shape index (κ1) is 15.3. The van der Waals surface area contributed by atoms with E-state index >= 15 is 0 Å². The summed E-state index contributed by atoms with van der Waals surface area (Å²) in [5.74, 6) is 0.534. The molecule has 2 rings (SSSR count). The smallest absolute Gasteiger partial charge is 0.154 e. The summed E-state index contributed by atoms with van der Waals surface area (Å²) in [6.45, 7) is 1.56. The minimum absolute atomic E-state index is 0.0616. The Hall–Kier alpha value is -1.11. The van der Waals surface area contributed by atoms with E-state index in [9.17, 15) is 13.5 Å². The van der Waals surface area contributed by atoms with Gasteiger partial charge in [-0.2, -0.15) is 0 Å². The second kappa shape index (κ2) is 5.35. The largest absolute Gasteiger partial charge is 0.497 e. The van der Waals surface area contributed by atoms with Crippen molar-refractivity contribution in [3.8, 4) is 5.75 Å². The second-order valence-electron chi connectivity index (χ2n) is 5.22. The van der Waals surface area contributed by atoms with Crippen LogP contribution in [0.3, 0.4) is 0 Å². The van der Waals surface area contributed by atoms with E-state index in [2.05, 4.69) is 0 Å². The summed E-state index contributed by atoms with van der Waals surface area (Å²) in [7, 11) is -1.66. The highest BCUT2D eigenvalue weighted by Crippen LogP contribution is 2.62. The lowest BCUT2D eigenvalue weighted by atomic mass is 10.00. The molecule has 1 fully saturated rings. The van der Waals surface area contributed by atoms with Crippen molar-refractivity contribution in [1.29, 1.82) is 0 Å². The van der Waals surface area contributed by atoms with E-state index < -0.39 is 20.5 Å². The summed E-state index contributed by atoms with van der Waals surface area (Å²) in [6.07, 6.45) is 0. The van der Waals surface area contributed by atoms with Crippen molar-refractivity contribution in [3.05, 3.63) is 29.8 Å². The monoisotopic (exact) mass is 299 g/mol. The number of benzene rings is 1. The molecule has 20 heavy (non-hydrogen) atoms. The fourth-order valence-electron chi connectivity index (χ4n) is 3.01. The first-order chi connectivity index (χ1) is 9.46. The number of rotatable bonds is 6. The molecule has 1 aromatic carbocycles. The summed E-state index contributed by atoms with van der Waals surface area (Å²) in [5, 5.41) is 9.06. The maximum absolute atomic E-state index is 12.2. The number of nitrogens with two attached hydrogens (primary N) is 1. The first-order valence-corrected chi connectivity index (χ1v) is 8.34. The van der Waals surface area contributed by atoms with E-state index in [1.807, 2.05) is 12.1 Å². The normalized spacial score (nSPS) is 29.2. The highest BCUT2D eigenvalue weighted by atomic mass is 32.2. The molecule has 0 aromatic heterocycles. The van der Waals surface area contributed by atoms with Crippen LogP contribution in [0.15, 0.2) is 24.3 Å². The van der Waals surface area contributed by atoms with Gasteiger partial charge in [-0.05, 0) is 17.7 Å². The van der Waals surface area contributed by atoms with E-state index in [0.717, 1.165) is 5.56 Å². The van der Waals surface area contributed by atoms with Crippen LogP contribution in [0.2, 0.25) is 0 Å². The fourth-order valence-corrected chi connectivity index (χ4v) is 5.17. The zero-order valence-corrected chi connectivity index (χ0v) is 12.6. The van der Waals surface area contributed by atoms with Crippen molar-refractivity contribution in [1.82, 2.24) is 0 Å². The number of methoxy groups -OCH3 is 1. The summed E-state index contributed by atoms with van der Waals surface area (Å²) in [4.78, 5) is 0. The first-order valence-electron chi connectivity index (χ1n) is 6.63. The van der Waals surface area contributed by atoms with Gasteiger partial charge < -0.3 is 15.6 Å². The molecule has 0 unspecified atom stereocenters. The average Bonchev–Trinajstić information content (AvgIpc) is 3.18. The molecule has 0 bridgehead atoms. The SMILES string of the molecule is CCS(=O)(=O)[C@@H]1[C@H](c2ccc(OC)cc2)[C@]1(CN)CO. The number of sulfone groups is 1. The summed E-state index contributed by atoms with van der Waals surface area (Å²) in [5.41, 5.74) is 5.89. The maximum atomic E-state index is 12.2. The quantitative estimate of drug-likeness (QED) is 0.800. The van der Waals surface area contributed by atoms with E-state index in [0.29, 0.717) is 5.75 Å². The maximum Gasteiger partial charge on any atom is 0.154 e. The number of hydrogen-bond acceptors (Lipinski definition) is 5. The standard InChI is InChI=1S/C14H21NO4S/c1-3-20(17,18)13-12(14(13,8-15)9-16)10-4-6-11(19-2)7-5-10/h4-7,12-13,16H,3,8-9,15H2,1-2H3/t12-,13+,14-/m0/s1. The molecule has 0 saturated heterocycles. The molecule has 5 nitrogen and oxygen atoms in total. The Kier molecular flexibility index (Phi) is 4.09. The van der Waals surface area contributed by atoms with Crippen molar-refractivity contribution in [2.45, 2.75) is 18.1 Å². The molecular weight excluding hydrogens is 278 g/mol. The Morgan fingerprint density at radius 2 is 1.95 bits per heavy atom. The highest BCUT2D eigenvalue weighted by Gasteiger charge is 2.69. The molecule has 3 N–H and O–H groups in total. The molecule has 0 aliphatic heterocycles. The average molecular weight is 299 g/mol. The predicted molar refractivity (Wildman–Crippen MR) is 77.6 cm³/mol. The third-order valence-electron chi connectivity index (χ3n) is 4.32. The summed E-state index contributed by atoms with van der Waals surface area (Å²) >= 11 is 0. The van der Waals surface area contributed by atoms with Crippen LogP contribution in [0.4, 0.5) is 0 Å². The third-order valence-corrected chi connectivity index (χ3v) is 6.64. The topological polar surface area (TPSA) is 89.6 Å². The number of aliphatic hydroxyl groups is 1. The van der Waals surface area contributed by atoms with Crippen molar-refractivity contribution < 1.29 is 18.3 Å². The molecule has 0 radical (unpaired) electrons. The molecule has 0 spiro atoms. The molecule has 1 saturated carbocycles. The lowest BCUT2D eigenvalue weighted by Gasteiger charge is -2.11. The van der Waals surface area contributed by atoms with E-state index in [1.54, 1.807) is 26.2 Å². The van der Waals surface area contributed by atoms with Crippen LogP contribution in [0.1, 0.15) is 18.4 Å². The van der Waals surface area contributed by atoms with Gasteiger partial charge in [0.1, 0.15) is 5.75 Å². The summed E-state index contributed by atoms with van der Waals surface area (Å²) < 4.78 is 29.5. The number of hydrogen-bond donors (Lipinski definition) is 2. The zero-order valence-electron chi connectivity index (χ0n) is 11.7. The molecular formula is C14H21NO4S. The molecule has 112 valence electrons. The van der Waals surface area contributed by atoms with E-state index in [-0.39, 0.29) is 24.8 Å². The molecule has 3 atom stereocenters. The van der Waals surface area contributed by atoms with Gasteiger partial charge in [0.15, 0.2) is 9.84 Å². The molecule has 1 aliphatic rings. The molecule has 0 amide bonds. The van der Waals surface area contributed by atoms with Gasteiger partial charge in [0.05, 0.1) is 19.0 Å². The number of ether oxygens (including phenoxy) is 1. The Balaban J connectivity index is 2.38.